The average Bonchev–Trinajstić information content (AvgIpc) is 3.16. The molecule has 2 N–H and O–H groups in total. The zero-order chi connectivity index (χ0) is 26.2. The number of likely N-dealkylation sites (tertiary alicyclic amines) is 1. The minimum absolute atomic E-state index is 0.0814. The van der Waals surface area contributed by atoms with E-state index in [2.05, 4.69) is 46.4 Å². The Kier molecular flexibility index (Phi) is 7.40. The van der Waals surface area contributed by atoms with Gasteiger partial charge in [-0.05, 0) is 64.8 Å². The molecule has 1 aliphatic carbocycles. The second-order valence-electron chi connectivity index (χ2n) is 10.1. The van der Waals surface area contributed by atoms with E-state index in [-0.39, 0.29) is 35.2 Å². The molecule has 196 valence electrons. The number of hydrogen-bond donors (Lipinski definition) is 2. The van der Waals surface area contributed by atoms with Crippen molar-refractivity contribution in [3.05, 3.63) is 30.0 Å². The van der Waals surface area contributed by atoms with E-state index in [1.807, 2.05) is 4.90 Å². The van der Waals surface area contributed by atoms with Gasteiger partial charge in [0.2, 0.25) is 17.8 Å². The lowest BCUT2D eigenvalue weighted by Crippen LogP contribution is -2.58. The highest BCUT2D eigenvalue weighted by atomic mass is 19.4. The van der Waals surface area contributed by atoms with Crippen molar-refractivity contribution < 1.29 is 22.8 Å². The molecule has 0 unspecified atom stereocenters. The fraction of sp³-hybridized carbons (Fsp3) is 0.600. The van der Waals surface area contributed by atoms with E-state index in [0.717, 1.165) is 31.4 Å². The quantitative estimate of drug-likeness (QED) is 0.624. The molecule has 2 aromatic rings. The number of carbonyl (C=O) groups is 2. The first-order chi connectivity index (χ1) is 16.9. The number of nitrogens with one attached hydrogen (secondary N) is 2. The molecule has 1 aromatic carbocycles. The van der Waals surface area contributed by atoms with Crippen molar-refractivity contribution in [2.45, 2.75) is 82.8 Å². The second kappa shape index (κ2) is 10.2. The lowest BCUT2D eigenvalue weighted by atomic mass is 9.84. The summed E-state index contributed by atoms with van der Waals surface area (Å²) >= 11 is 0. The fourth-order valence-electron chi connectivity index (χ4n) is 5.31. The van der Waals surface area contributed by atoms with E-state index < -0.39 is 17.8 Å². The predicted octanol–water partition coefficient (Wildman–Crippen LogP) is 3.43. The monoisotopic (exact) mass is 506 g/mol. The summed E-state index contributed by atoms with van der Waals surface area (Å²) in [6.07, 6.45) is -0.0653. The molecular formula is C25H33F3N6O2. The van der Waals surface area contributed by atoms with Crippen LogP contribution in [0.1, 0.15) is 52.0 Å². The molecule has 8 nitrogen and oxygen atoms in total. The SMILES string of the molecule is CC(=O)N[C@@H]1C[C@H](N(C)C(C)C)CC[C@@H]1N1CC[C@H](Nc2ncc3cc(C(F)(F)F)ccc3n2)C1=O. The van der Waals surface area contributed by atoms with Crippen LogP contribution >= 0.6 is 0 Å². The second-order valence-corrected chi connectivity index (χ2v) is 10.1. The molecule has 2 aliphatic rings. The maximum atomic E-state index is 13.3. The molecule has 2 amide bonds. The number of fused-ring (bicyclic) bond motifs is 1. The molecule has 1 saturated heterocycles. The highest BCUT2D eigenvalue weighted by molar-refractivity contribution is 5.87. The number of alkyl halides is 3. The molecular weight excluding hydrogens is 473 g/mol. The van der Waals surface area contributed by atoms with Gasteiger partial charge in [-0.2, -0.15) is 13.2 Å². The fourth-order valence-corrected chi connectivity index (χ4v) is 5.31. The van der Waals surface area contributed by atoms with E-state index in [1.54, 1.807) is 0 Å². The van der Waals surface area contributed by atoms with Crippen molar-refractivity contribution in [2.75, 3.05) is 18.9 Å². The van der Waals surface area contributed by atoms with Gasteiger partial charge in [-0.25, -0.2) is 9.97 Å². The van der Waals surface area contributed by atoms with E-state index >= 15 is 0 Å². The summed E-state index contributed by atoms with van der Waals surface area (Å²) in [4.78, 5) is 37.9. The van der Waals surface area contributed by atoms with Crippen LogP contribution < -0.4 is 10.6 Å². The number of halogens is 3. The zero-order valence-corrected chi connectivity index (χ0v) is 21.0. The first kappa shape index (κ1) is 26.1. The molecule has 1 aromatic heterocycles. The number of benzene rings is 1. The van der Waals surface area contributed by atoms with Gasteiger partial charge in [0.25, 0.3) is 0 Å². The van der Waals surface area contributed by atoms with E-state index in [1.165, 1.54) is 19.2 Å². The summed E-state index contributed by atoms with van der Waals surface area (Å²) in [7, 11) is 2.09. The van der Waals surface area contributed by atoms with Crippen molar-refractivity contribution in [2.24, 2.45) is 0 Å². The summed E-state index contributed by atoms with van der Waals surface area (Å²) in [6, 6.07) is 3.24. The summed E-state index contributed by atoms with van der Waals surface area (Å²) < 4.78 is 38.9. The van der Waals surface area contributed by atoms with Gasteiger partial charge in [-0.15, -0.1) is 0 Å². The number of anilines is 1. The number of rotatable bonds is 6. The maximum Gasteiger partial charge on any atom is 0.416 e. The molecule has 4 atom stereocenters. The van der Waals surface area contributed by atoms with Crippen LogP contribution in [-0.4, -0.2) is 75.4 Å². The van der Waals surface area contributed by atoms with Gasteiger partial charge in [0.15, 0.2) is 0 Å². The summed E-state index contributed by atoms with van der Waals surface area (Å²) in [6.45, 7) is 6.33. The molecule has 4 rings (SSSR count). The van der Waals surface area contributed by atoms with Gasteiger partial charge in [-0.3, -0.25) is 9.59 Å². The molecule has 11 heteroatoms. The van der Waals surface area contributed by atoms with Crippen molar-refractivity contribution in [1.29, 1.82) is 0 Å². The van der Waals surface area contributed by atoms with Crippen molar-refractivity contribution in [3.63, 3.8) is 0 Å². The minimum atomic E-state index is -4.44. The van der Waals surface area contributed by atoms with Crippen LogP contribution in [0.15, 0.2) is 24.4 Å². The molecule has 0 radical (unpaired) electrons. The van der Waals surface area contributed by atoms with E-state index in [0.29, 0.717) is 30.6 Å². The van der Waals surface area contributed by atoms with Crippen LogP contribution in [0.4, 0.5) is 19.1 Å². The Hall–Kier alpha value is -2.95. The smallest absolute Gasteiger partial charge is 0.351 e. The van der Waals surface area contributed by atoms with Crippen molar-refractivity contribution >= 4 is 28.7 Å². The van der Waals surface area contributed by atoms with Crippen LogP contribution in [-0.2, 0) is 15.8 Å². The third kappa shape index (κ3) is 5.55. The van der Waals surface area contributed by atoms with Crippen molar-refractivity contribution in [3.8, 4) is 0 Å². The van der Waals surface area contributed by atoms with Gasteiger partial charge in [0.1, 0.15) is 6.04 Å². The predicted molar refractivity (Wildman–Crippen MR) is 130 cm³/mol. The highest BCUT2D eigenvalue weighted by Crippen LogP contribution is 2.32. The van der Waals surface area contributed by atoms with E-state index in [4.69, 9.17) is 0 Å². The van der Waals surface area contributed by atoms with Gasteiger partial charge < -0.3 is 20.4 Å². The molecule has 0 bridgehead atoms. The number of amides is 2. The first-order valence-electron chi connectivity index (χ1n) is 12.3. The van der Waals surface area contributed by atoms with Gasteiger partial charge >= 0.3 is 6.18 Å². The minimum Gasteiger partial charge on any atom is -0.351 e. The van der Waals surface area contributed by atoms with Gasteiger partial charge in [-0.1, -0.05) is 0 Å². The molecule has 0 spiro atoms. The highest BCUT2D eigenvalue weighted by Gasteiger charge is 2.43. The number of carbonyl (C=O) groups excluding carboxylic acids is 2. The third-order valence-electron chi connectivity index (χ3n) is 7.42. The Labute approximate surface area is 208 Å². The maximum absolute atomic E-state index is 13.3. The molecule has 2 fully saturated rings. The normalized spacial score (nSPS) is 25.1. The van der Waals surface area contributed by atoms with Crippen LogP contribution in [0.5, 0.6) is 0 Å². The largest absolute Gasteiger partial charge is 0.416 e. The van der Waals surface area contributed by atoms with E-state index in [9.17, 15) is 22.8 Å². The number of hydrogen-bond acceptors (Lipinski definition) is 6. The Morgan fingerprint density at radius 1 is 1.22 bits per heavy atom. The number of nitrogens with zero attached hydrogens (tertiary/aromatic N) is 4. The Morgan fingerprint density at radius 2 is 1.97 bits per heavy atom. The third-order valence-corrected chi connectivity index (χ3v) is 7.42. The molecule has 2 heterocycles. The lowest BCUT2D eigenvalue weighted by molar-refractivity contribution is -0.137. The van der Waals surface area contributed by atoms with Crippen LogP contribution in [0.2, 0.25) is 0 Å². The molecule has 36 heavy (non-hydrogen) atoms. The standard InChI is InChI=1S/C25H33F3N6O2/c1-14(2)33(4)18-6-8-22(21(12-18)30-15(3)35)34-10-9-20(23(34)36)32-24-29-13-16-11-17(25(26,27)28)5-7-19(16)31-24/h5,7,11,13-14,18,20-22H,6,8-10,12H2,1-4H3,(H,30,35)(H,29,31,32)/t18-,20+,21-,22+/m1/s1. The summed E-state index contributed by atoms with van der Waals surface area (Å²) in [5.74, 6) is 0.00248. The molecule has 1 saturated carbocycles. The summed E-state index contributed by atoms with van der Waals surface area (Å²) in [5, 5.41) is 6.41. The number of aromatic nitrogens is 2. The molecule has 1 aliphatic heterocycles. The van der Waals surface area contributed by atoms with Crippen LogP contribution in [0.25, 0.3) is 10.9 Å². The Balaban J connectivity index is 1.46. The topological polar surface area (TPSA) is 90.5 Å². The van der Waals surface area contributed by atoms with Crippen molar-refractivity contribution in [1.82, 2.24) is 25.1 Å². The van der Waals surface area contributed by atoms with Gasteiger partial charge in [0.05, 0.1) is 23.2 Å². The first-order valence-corrected chi connectivity index (χ1v) is 12.3. The van der Waals surface area contributed by atoms with Gasteiger partial charge in [0, 0.05) is 37.1 Å². The lowest BCUT2D eigenvalue weighted by Gasteiger charge is -2.44. The van der Waals surface area contributed by atoms with Crippen LogP contribution in [0, 0.1) is 0 Å². The zero-order valence-electron chi connectivity index (χ0n) is 21.0. The summed E-state index contributed by atoms with van der Waals surface area (Å²) in [5.41, 5.74) is -0.398. The van der Waals surface area contributed by atoms with Crippen LogP contribution in [0.3, 0.4) is 0 Å². The Bertz CT molecular complexity index is 1120. The average molecular weight is 507 g/mol. The Morgan fingerprint density at radius 3 is 2.64 bits per heavy atom.